The molecule has 0 saturated heterocycles. The Morgan fingerprint density at radius 1 is 1.55 bits per heavy atom. The number of ketones is 1. The number of carbonyl (C=O) groups is 2. The third-order valence-electron chi connectivity index (χ3n) is 1.18. The number of hydrogen-bond acceptors (Lipinski definition) is 4. The maximum Gasteiger partial charge on any atom is 0.226 e. The molecule has 0 aromatic carbocycles. The van der Waals surface area contributed by atoms with E-state index in [1.807, 2.05) is 0 Å². The molecule has 4 nitrogen and oxygen atoms in total. The number of aromatic nitrogens is 1. The third kappa shape index (κ3) is 1.61. The third-order valence-corrected chi connectivity index (χ3v) is 1.18. The Kier molecular flexibility index (Phi) is 1.96. The summed E-state index contributed by atoms with van der Waals surface area (Å²) in [4.78, 5) is 24.3. The number of nitrogen functional groups attached to an aromatic ring is 1. The van der Waals surface area contributed by atoms with Gasteiger partial charge in [0.15, 0.2) is 6.29 Å². The molecule has 1 aromatic heterocycles. The number of Topliss-reactive ketones (excluding diaryl/α,β-unsaturated/α-hetero) is 1. The molecule has 0 unspecified atom stereocenters. The molecular formula is C7H6N2O2. The number of rotatable bonds is 2. The van der Waals surface area contributed by atoms with Gasteiger partial charge >= 0.3 is 0 Å². The van der Waals surface area contributed by atoms with Crippen molar-refractivity contribution < 1.29 is 9.59 Å². The Bertz CT molecular complexity index is 279. The number of pyridine rings is 1. The van der Waals surface area contributed by atoms with Gasteiger partial charge in [0.1, 0.15) is 5.82 Å². The molecule has 0 aliphatic heterocycles. The summed E-state index contributed by atoms with van der Waals surface area (Å²) in [5.74, 6) is -0.259. The quantitative estimate of drug-likeness (QED) is 0.367. The zero-order valence-electron chi connectivity index (χ0n) is 5.65. The molecule has 1 heterocycles. The summed E-state index contributed by atoms with van der Waals surface area (Å²) in [5.41, 5.74) is 5.52. The Hall–Kier alpha value is -1.71. The highest BCUT2D eigenvalue weighted by molar-refractivity contribution is 6.33. The van der Waals surface area contributed by atoms with Crippen molar-refractivity contribution in [3.05, 3.63) is 23.9 Å². The summed E-state index contributed by atoms with van der Waals surface area (Å²) in [5, 5.41) is 0. The lowest BCUT2D eigenvalue weighted by molar-refractivity contribution is -0.104. The Morgan fingerprint density at radius 2 is 2.27 bits per heavy atom. The maximum absolute atomic E-state index is 10.7. The normalized spacial score (nSPS) is 9.09. The molecule has 0 atom stereocenters. The SMILES string of the molecule is Nc1ccc(C(=O)C=O)cn1. The highest BCUT2D eigenvalue weighted by Crippen LogP contribution is 2.00. The summed E-state index contributed by atoms with van der Waals surface area (Å²) in [6.07, 6.45) is 1.51. The first-order valence-electron chi connectivity index (χ1n) is 2.95. The highest BCUT2D eigenvalue weighted by atomic mass is 16.2. The van der Waals surface area contributed by atoms with Crippen molar-refractivity contribution in [3.63, 3.8) is 0 Å². The summed E-state index contributed by atoms with van der Waals surface area (Å²) < 4.78 is 0. The minimum atomic E-state index is -0.586. The number of carbonyl (C=O) groups excluding carboxylic acids is 2. The van der Waals surface area contributed by atoms with Crippen LogP contribution < -0.4 is 5.73 Å². The molecule has 0 aliphatic rings. The minimum absolute atomic E-state index is 0.243. The van der Waals surface area contributed by atoms with Gasteiger partial charge in [-0.3, -0.25) is 9.59 Å². The lowest BCUT2D eigenvalue weighted by Gasteiger charge is -1.92. The average Bonchev–Trinajstić information content (AvgIpc) is 2.05. The van der Waals surface area contributed by atoms with Crippen LogP contribution in [0, 0.1) is 0 Å². The predicted molar refractivity (Wildman–Crippen MR) is 39.0 cm³/mol. The van der Waals surface area contributed by atoms with Crippen LogP contribution in [0.5, 0.6) is 0 Å². The van der Waals surface area contributed by atoms with Gasteiger partial charge in [-0.15, -0.1) is 0 Å². The van der Waals surface area contributed by atoms with E-state index in [0.29, 0.717) is 5.82 Å². The Morgan fingerprint density at radius 3 is 2.73 bits per heavy atom. The van der Waals surface area contributed by atoms with Crippen LogP contribution in [0.2, 0.25) is 0 Å². The van der Waals surface area contributed by atoms with Crippen molar-refractivity contribution in [2.45, 2.75) is 0 Å². The summed E-state index contributed by atoms with van der Waals surface area (Å²) in [6.45, 7) is 0. The van der Waals surface area contributed by atoms with Crippen LogP contribution in [0.25, 0.3) is 0 Å². The number of aldehydes is 1. The van der Waals surface area contributed by atoms with Gasteiger partial charge in [-0.25, -0.2) is 4.98 Å². The second kappa shape index (κ2) is 2.92. The molecule has 1 aromatic rings. The maximum atomic E-state index is 10.7. The lowest BCUT2D eigenvalue weighted by Crippen LogP contribution is -2.01. The molecule has 4 heteroatoms. The minimum Gasteiger partial charge on any atom is -0.384 e. The largest absolute Gasteiger partial charge is 0.384 e. The van der Waals surface area contributed by atoms with E-state index in [0.717, 1.165) is 0 Å². The molecule has 0 fully saturated rings. The molecule has 2 N–H and O–H groups in total. The number of nitrogens with zero attached hydrogens (tertiary/aromatic N) is 1. The summed E-state index contributed by atoms with van der Waals surface area (Å²) >= 11 is 0. The predicted octanol–water partition coefficient (Wildman–Crippen LogP) is 0.0454. The van der Waals surface area contributed by atoms with Crippen LogP contribution in [0.1, 0.15) is 10.4 Å². The summed E-state index contributed by atoms with van der Waals surface area (Å²) in [7, 11) is 0. The molecule has 0 amide bonds. The Balaban J connectivity index is 2.98. The van der Waals surface area contributed by atoms with Crippen LogP contribution in [0.3, 0.4) is 0 Å². The number of hydrogen-bond donors (Lipinski definition) is 1. The molecule has 0 aliphatic carbocycles. The monoisotopic (exact) mass is 150 g/mol. The molecule has 1 rings (SSSR count). The fourth-order valence-corrected chi connectivity index (χ4v) is 0.619. The van der Waals surface area contributed by atoms with Crippen molar-refractivity contribution in [2.75, 3.05) is 5.73 Å². The van der Waals surface area contributed by atoms with Crippen LogP contribution in [-0.4, -0.2) is 17.1 Å². The molecular weight excluding hydrogens is 144 g/mol. The molecule has 0 bridgehead atoms. The fourth-order valence-electron chi connectivity index (χ4n) is 0.619. The van der Waals surface area contributed by atoms with Gasteiger partial charge in [-0.05, 0) is 12.1 Å². The van der Waals surface area contributed by atoms with Crippen molar-refractivity contribution in [1.29, 1.82) is 0 Å². The molecule has 56 valence electrons. The van der Waals surface area contributed by atoms with E-state index in [4.69, 9.17) is 5.73 Å². The molecule has 0 radical (unpaired) electrons. The van der Waals surface area contributed by atoms with Crippen LogP contribution >= 0.6 is 0 Å². The van der Waals surface area contributed by atoms with E-state index >= 15 is 0 Å². The van der Waals surface area contributed by atoms with Gasteiger partial charge in [-0.2, -0.15) is 0 Å². The summed E-state index contributed by atoms with van der Waals surface area (Å²) in [6, 6.07) is 2.93. The van der Waals surface area contributed by atoms with Crippen molar-refractivity contribution in [2.24, 2.45) is 0 Å². The lowest BCUT2D eigenvalue weighted by atomic mass is 10.2. The zero-order chi connectivity index (χ0) is 8.27. The Labute approximate surface area is 63.0 Å². The number of nitrogens with two attached hydrogens (primary N) is 1. The molecule has 11 heavy (non-hydrogen) atoms. The number of anilines is 1. The van der Waals surface area contributed by atoms with Gasteiger partial charge in [0.25, 0.3) is 0 Å². The van der Waals surface area contributed by atoms with Gasteiger partial charge in [0.2, 0.25) is 5.78 Å². The molecule has 0 saturated carbocycles. The van der Waals surface area contributed by atoms with Crippen molar-refractivity contribution in [3.8, 4) is 0 Å². The van der Waals surface area contributed by atoms with Crippen LogP contribution in [-0.2, 0) is 4.79 Å². The van der Waals surface area contributed by atoms with Gasteiger partial charge in [0.05, 0.1) is 0 Å². The van der Waals surface area contributed by atoms with Crippen LogP contribution in [0.15, 0.2) is 18.3 Å². The van der Waals surface area contributed by atoms with E-state index in [1.165, 1.54) is 18.3 Å². The van der Waals surface area contributed by atoms with Crippen molar-refractivity contribution >= 4 is 17.9 Å². The fraction of sp³-hybridized carbons (Fsp3) is 0. The standard InChI is InChI=1S/C7H6N2O2/c8-7-2-1-5(3-9-7)6(11)4-10/h1-4H,(H2,8,9). The average molecular weight is 150 g/mol. The van der Waals surface area contributed by atoms with Crippen LogP contribution in [0.4, 0.5) is 5.82 Å². The van der Waals surface area contributed by atoms with Gasteiger partial charge < -0.3 is 5.73 Å². The van der Waals surface area contributed by atoms with Crippen molar-refractivity contribution in [1.82, 2.24) is 4.98 Å². The second-order valence-corrected chi connectivity index (χ2v) is 1.95. The second-order valence-electron chi connectivity index (χ2n) is 1.95. The first kappa shape index (κ1) is 7.40. The first-order valence-corrected chi connectivity index (χ1v) is 2.95. The molecule has 0 spiro atoms. The topological polar surface area (TPSA) is 73.1 Å². The van der Waals surface area contributed by atoms with E-state index < -0.39 is 5.78 Å². The zero-order valence-corrected chi connectivity index (χ0v) is 5.65. The van der Waals surface area contributed by atoms with E-state index in [-0.39, 0.29) is 11.8 Å². The highest BCUT2D eigenvalue weighted by Gasteiger charge is 2.02. The van der Waals surface area contributed by atoms with E-state index in [1.54, 1.807) is 0 Å². The van der Waals surface area contributed by atoms with E-state index in [2.05, 4.69) is 4.98 Å². The van der Waals surface area contributed by atoms with Gasteiger partial charge in [-0.1, -0.05) is 0 Å². The first-order chi connectivity index (χ1) is 5.24. The smallest absolute Gasteiger partial charge is 0.226 e. The van der Waals surface area contributed by atoms with Gasteiger partial charge in [0, 0.05) is 11.8 Å². The van der Waals surface area contributed by atoms with E-state index in [9.17, 15) is 9.59 Å².